The lowest BCUT2D eigenvalue weighted by Gasteiger charge is -2.48. The molecule has 3 heterocycles. The summed E-state index contributed by atoms with van der Waals surface area (Å²) in [6.07, 6.45) is 7.19. The molecule has 2 aliphatic heterocycles. The smallest absolute Gasteiger partial charge is 0.164 e. The number of hydrogen-bond donors (Lipinski definition) is 1. The molecule has 3 aliphatic rings. The number of carbonyl (C=O) groups excluding carboxylic acids is 1. The molecule has 0 amide bonds. The fourth-order valence-electron chi connectivity index (χ4n) is 5.50. The third-order valence-corrected chi connectivity index (χ3v) is 6.99. The van der Waals surface area contributed by atoms with Gasteiger partial charge in [0.15, 0.2) is 11.9 Å². The lowest BCUT2D eigenvalue weighted by molar-refractivity contribution is -0.119. The fraction of sp³-hybridized carbons (Fsp3) is 0.400. The van der Waals surface area contributed by atoms with Crippen molar-refractivity contribution in [1.29, 1.82) is 0 Å². The maximum atomic E-state index is 13.6. The summed E-state index contributed by atoms with van der Waals surface area (Å²) in [6.45, 7) is 6.47. The summed E-state index contributed by atoms with van der Waals surface area (Å²) in [5, 5.41) is 20.1. The first kappa shape index (κ1) is 20.5. The van der Waals surface area contributed by atoms with Crippen molar-refractivity contribution < 1.29 is 4.79 Å². The molecule has 1 aromatic heterocycles. The number of ketones is 1. The Kier molecular flexibility index (Phi) is 4.73. The topological polar surface area (TPSA) is 82.8 Å². The second-order valence-corrected chi connectivity index (χ2v) is 9.63. The maximum Gasteiger partial charge on any atom is 0.164 e. The molecule has 1 aliphatic carbocycles. The minimum atomic E-state index is -0.546. The van der Waals surface area contributed by atoms with E-state index in [0.29, 0.717) is 6.42 Å². The minimum Gasteiger partial charge on any atom is -0.362 e. The van der Waals surface area contributed by atoms with E-state index in [1.54, 1.807) is 12.4 Å². The Hall–Kier alpha value is -3.35. The van der Waals surface area contributed by atoms with Crippen LogP contribution < -0.4 is 10.2 Å². The molecular formula is C25H28N6O. The zero-order valence-electron chi connectivity index (χ0n) is 19.0. The van der Waals surface area contributed by atoms with Gasteiger partial charge in [-0.25, -0.2) is 0 Å². The summed E-state index contributed by atoms with van der Waals surface area (Å²) in [7, 11) is 2.01. The first-order chi connectivity index (χ1) is 15.4. The van der Waals surface area contributed by atoms with E-state index in [0.717, 1.165) is 46.6 Å². The van der Waals surface area contributed by atoms with Crippen LogP contribution in [0.4, 0.5) is 11.4 Å². The Morgan fingerprint density at radius 1 is 1.16 bits per heavy atom. The standard InChI is InChI=1S/C25H28N6O/c1-5-25(16-7-6-8-17(11-16)31(4)18-9-10-26-27-14-18)19-15-28-30-23(19)29-20-12-24(2,3)13-21(32)22(20)25/h6-11,14-15,23,29H,5,12-13H2,1-4H3/t23?,25-/m0/s1. The van der Waals surface area contributed by atoms with Crippen molar-refractivity contribution in [2.75, 3.05) is 11.9 Å². The predicted octanol–water partition coefficient (Wildman–Crippen LogP) is 4.81. The highest BCUT2D eigenvalue weighted by Crippen LogP contribution is 2.54. The lowest BCUT2D eigenvalue weighted by Crippen LogP contribution is -2.51. The third kappa shape index (κ3) is 3.06. The van der Waals surface area contributed by atoms with E-state index in [1.165, 1.54) is 0 Å². The molecule has 1 aromatic carbocycles. The number of azo groups is 1. The highest BCUT2D eigenvalue weighted by molar-refractivity contribution is 6.01. The molecule has 2 atom stereocenters. The molecule has 7 nitrogen and oxygen atoms in total. The predicted molar refractivity (Wildman–Crippen MR) is 123 cm³/mol. The normalized spacial score (nSPS) is 25.7. The Balaban J connectivity index is 1.68. The van der Waals surface area contributed by atoms with Crippen LogP contribution in [0.1, 0.15) is 45.6 Å². The van der Waals surface area contributed by atoms with Gasteiger partial charge in [0, 0.05) is 36.0 Å². The van der Waals surface area contributed by atoms with Gasteiger partial charge in [-0.15, -0.1) is 0 Å². The number of allylic oxidation sites excluding steroid dienone is 2. The zero-order valence-corrected chi connectivity index (χ0v) is 19.0. The molecule has 0 saturated carbocycles. The van der Waals surface area contributed by atoms with Crippen LogP contribution in [0, 0.1) is 5.41 Å². The monoisotopic (exact) mass is 428 g/mol. The lowest BCUT2D eigenvalue weighted by atomic mass is 9.59. The molecule has 0 spiro atoms. The van der Waals surface area contributed by atoms with E-state index >= 15 is 0 Å². The fourth-order valence-corrected chi connectivity index (χ4v) is 5.50. The van der Waals surface area contributed by atoms with Crippen molar-refractivity contribution in [2.45, 2.75) is 51.6 Å². The number of fused-ring (bicyclic) bond motifs is 1. The molecule has 7 heteroatoms. The second kappa shape index (κ2) is 7.36. The summed E-state index contributed by atoms with van der Waals surface area (Å²) >= 11 is 0. The quantitative estimate of drug-likeness (QED) is 0.755. The van der Waals surface area contributed by atoms with Crippen molar-refractivity contribution >= 4 is 17.2 Å². The molecule has 1 N–H and O–H groups in total. The van der Waals surface area contributed by atoms with E-state index in [4.69, 9.17) is 0 Å². The van der Waals surface area contributed by atoms with Crippen LogP contribution in [0.25, 0.3) is 0 Å². The van der Waals surface area contributed by atoms with Crippen LogP contribution in [0.5, 0.6) is 0 Å². The van der Waals surface area contributed by atoms with Crippen molar-refractivity contribution in [2.24, 2.45) is 15.6 Å². The van der Waals surface area contributed by atoms with Crippen molar-refractivity contribution in [1.82, 2.24) is 15.5 Å². The van der Waals surface area contributed by atoms with E-state index in [-0.39, 0.29) is 17.4 Å². The Labute approximate surface area is 188 Å². The van der Waals surface area contributed by atoms with Gasteiger partial charge < -0.3 is 10.2 Å². The molecule has 5 rings (SSSR count). The van der Waals surface area contributed by atoms with Gasteiger partial charge in [-0.2, -0.15) is 20.4 Å². The van der Waals surface area contributed by atoms with Crippen LogP contribution in [-0.4, -0.2) is 29.2 Å². The van der Waals surface area contributed by atoms with E-state index in [9.17, 15) is 4.79 Å². The molecule has 32 heavy (non-hydrogen) atoms. The molecule has 0 fully saturated rings. The molecular weight excluding hydrogens is 400 g/mol. The first-order valence-corrected chi connectivity index (χ1v) is 11.1. The van der Waals surface area contributed by atoms with E-state index < -0.39 is 5.41 Å². The SMILES string of the molecule is CC[C@]1(c2cccc(N(C)c3ccnnc3)c2)C2=CN=NC2NC2=C1C(=O)CC(C)(C)C2. The van der Waals surface area contributed by atoms with Crippen LogP contribution in [0.15, 0.2) is 76.0 Å². The summed E-state index contributed by atoms with van der Waals surface area (Å²) in [4.78, 5) is 15.7. The molecule has 164 valence electrons. The summed E-state index contributed by atoms with van der Waals surface area (Å²) in [6, 6.07) is 10.4. The Bertz CT molecular complexity index is 1170. The van der Waals surface area contributed by atoms with Crippen LogP contribution in [0.3, 0.4) is 0 Å². The van der Waals surface area contributed by atoms with Gasteiger partial charge >= 0.3 is 0 Å². The van der Waals surface area contributed by atoms with Gasteiger partial charge in [0.1, 0.15) is 0 Å². The van der Waals surface area contributed by atoms with Crippen molar-refractivity contribution in [3.63, 3.8) is 0 Å². The number of rotatable bonds is 4. The number of nitrogens with zero attached hydrogens (tertiary/aromatic N) is 5. The molecule has 1 unspecified atom stereocenters. The number of Topliss-reactive ketones (excluding diaryl/α,β-unsaturated/α-hetero) is 1. The van der Waals surface area contributed by atoms with Gasteiger partial charge in [-0.1, -0.05) is 32.9 Å². The van der Waals surface area contributed by atoms with Crippen LogP contribution in [-0.2, 0) is 10.2 Å². The van der Waals surface area contributed by atoms with Crippen molar-refractivity contribution in [3.8, 4) is 0 Å². The van der Waals surface area contributed by atoms with Gasteiger partial charge in [-0.3, -0.25) is 4.79 Å². The summed E-state index contributed by atoms with van der Waals surface area (Å²) in [5.74, 6) is 0.217. The molecule has 0 bridgehead atoms. The van der Waals surface area contributed by atoms with Crippen molar-refractivity contribution in [3.05, 3.63) is 71.3 Å². The molecule has 0 radical (unpaired) electrons. The number of carbonyl (C=O) groups is 1. The molecule has 2 aromatic rings. The first-order valence-electron chi connectivity index (χ1n) is 11.1. The van der Waals surface area contributed by atoms with Crippen LogP contribution >= 0.6 is 0 Å². The number of benzene rings is 1. The van der Waals surface area contributed by atoms with E-state index in [1.807, 2.05) is 19.3 Å². The third-order valence-electron chi connectivity index (χ3n) is 6.99. The van der Waals surface area contributed by atoms with Gasteiger partial charge in [-0.05, 0) is 42.0 Å². The zero-order chi connectivity index (χ0) is 22.5. The number of hydrogen-bond acceptors (Lipinski definition) is 7. The maximum absolute atomic E-state index is 13.6. The average Bonchev–Trinajstić information content (AvgIpc) is 3.25. The number of aromatic nitrogens is 2. The second-order valence-electron chi connectivity index (χ2n) is 9.63. The summed E-state index contributed by atoms with van der Waals surface area (Å²) < 4.78 is 0. The average molecular weight is 429 g/mol. The van der Waals surface area contributed by atoms with Gasteiger partial charge in [0.05, 0.1) is 29.7 Å². The minimum absolute atomic E-state index is 0.0736. The summed E-state index contributed by atoms with van der Waals surface area (Å²) in [5.41, 5.74) is 5.41. The Morgan fingerprint density at radius 3 is 2.75 bits per heavy atom. The Morgan fingerprint density at radius 2 is 2.00 bits per heavy atom. The highest BCUT2D eigenvalue weighted by atomic mass is 16.1. The molecule has 0 saturated heterocycles. The van der Waals surface area contributed by atoms with E-state index in [2.05, 4.69) is 75.7 Å². The van der Waals surface area contributed by atoms with Crippen LogP contribution in [0.2, 0.25) is 0 Å². The van der Waals surface area contributed by atoms with Gasteiger partial charge in [0.2, 0.25) is 0 Å². The number of nitrogens with one attached hydrogen (secondary N) is 1. The number of anilines is 2. The van der Waals surface area contributed by atoms with Gasteiger partial charge in [0.25, 0.3) is 0 Å². The largest absolute Gasteiger partial charge is 0.362 e. The highest BCUT2D eigenvalue weighted by Gasteiger charge is 2.53.